The Morgan fingerprint density at radius 3 is 2.54 bits per heavy atom. The fraction of sp³-hybridized carbons (Fsp3) is 0.316. The van der Waals surface area contributed by atoms with Crippen LogP contribution in [0.2, 0.25) is 0 Å². The van der Waals surface area contributed by atoms with Gasteiger partial charge in [0.1, 0.15) is 11.2 Å². The summed E-state index contributed by atoms with van der Waals surface area (Å²) in [5.74, 6) is -0.552. The Labute approximate surface area is 156 Å². The maximum atomic E-state index is 14.6. The number of aryl methyl sites for hydroxylation is 2. The van der Waals surface area contributed by atoms with Gasteiger partial charge in [0.05, 0.1) is 23.0 Å². The molecule has 0 aliphatic heterocycles. The molecule has 144 valence electrons. The first-order chi connectivity index (χ1) is 13.4. The van der Waals surface area contributed by atoms with E-state index in [1.165, 1.54) is 6.07 Å². The van der Waals surface area contributed by atoms with Crippen LogP contribution in [0, 0.1) is 12.7 Å². The molecule has 0 saturated heterocycles. The van der Waals surface area contributed by atoms with E-state index in [1.807, 2.05) is 5.10 Å². The van der Waals surface area contributed by atoms with Crippen molar-refractivity contribution in [2.45, 2.75) is 38.8 Å². The third-order valence-electron chi connectivity index (χ3n) is 5.41. The van der Waals surface area contributed by atoms with E-state index < -0.39 is 17.7 Å². The highest BCUT2D eigenvalue weighted by Gasteiger charge is 2.37. The van der Waals surface area contributed by atoms with Gasteiger partial charge in [-0.05, 0) is 43.7 Å². The molecule has 0 unspecified atom stereocenters. The van der Waals surface area contributed by atoms with Gasteiger partial charge in [-0.1, -0.05) is 0 Å². The molecule has 28 heavy (non-hydrogen) atoms. The molecule has 0 amide bonds. The lowest BCUT2D eigenvalue weighted by Gasteiger charge is -2.22. The zero-order valence-corrected chi connectivity index (χ0v) is 14.8. The minimum Gasteiger partial charge on any atom is -0.282 e. The number of nitrogens with one attached hydrogen (secondary N) is 2. The second-order valence-corrected chi connectivity index (χ2v) is 7.11. The number of aromatic nitrogens is 5. The van der Waals surface area contributed by atoms with Crippen LogP contribution in [-0.4, -0.2) is 25.4 Å². The zero-order valence-electron chi connectivity index (χ0n) is 14.8. The van der Waals surface area contributed by atoms with Crippen LogP contribution in [0.25, 0.3) is 33.1 Å². The quantitative estimate of drug-likeness (QED) is 0.458. The Kier molecular flexibility index (Phi) is 3.53. The number of aromatic amines is 2. The SMILES string of the molecule is Cc1[nH]nc2c(F)cc3nc(-c4cn[nH]c4C(F)(F)F)c4c(c3c12)CCCC4. The van der Waals surface area contributed by atoms with Gasteiger partial charge >= 0.3 is 6.18 Å². The van der Waals surface area contributed by atoms with E-state index in [2.05, 4.69) is 20.3 Å². The molecule has 1 aromatic carbocycles. The maximum absolute atomic E-state index is 14.6. The molecule has 0 radical (unpaired) electrons. The van der Waals surface area contributed by atoms with Crippen LogP contribution in [0.4, 0.5) is 17.6 Å². The minimum absolute atomic E-state index is 0.100. The van der Waals surface area contributed by atoms with Gasteiger partial charge in [0.2, 0.25) is 0 Å². The number of H-pyrrole nitrogens is 2. The first-order valence-corrected chi connectivity index (χ1v) is 8.96. The highest BCUT2D eigenvalue weighted by atomic mass is 19.4. The Balaban J connectivity index is 1.92. The van der Waals surface area contributed by atoms with Crippen molar-refractivity contribution in [3.63, 3.8) is 0 Å². The summed E-state index contributed by atoms with van der Waals surface area (Å²) in [7, 11) is 0. The van der Waals surface area contributed by atoms with Gasteiger partial charge in [-0.3, -0.25) is 10.2 Å². The molecule has 9 heteroatoms. The fourth-order valence-electron chi connectivity index (χ4n) is 4.23. The predicted octanol–water partition coefficient (Wildman–Crippen LogP) is 4.85. The van der Waals surface area contributed by atoms with Crippen molar-refractivity contribution in [3.8, 4) is 11.3 Å². The number of hydrogen-bond acceptors (Lipinski definition) is 3. The number of pyridine rings is 1. The zero-order chi connectivity index (χ0) is 19.6. The van der Waals surface area contributed by atoms with Gasteiger partial charge in [-0.2, -0.15) is 23.4 Å². The normalized spacial score (nSPS) is 14.8. The molecule has 2 N–H and O–H groups in total. The Morgan fingerprint density at radius 2 is 1.79 bits per heavy atom. The summed E-state index contributed by atoms with van der Waals surface area (Å²) in [6.07, 6.45) is -0.345. The molecule has 3 aromatic heterocycles. The molecular formula is C19H15F4N5. The Hall–Kier alpha value is -2.97. The first-order valence-electron chi connectivity index (χ1n) is 8.96. The van der Waals surface area contributed by atoms with Crippen LogP contribution in [0.5, 0.6) is 0 Å². The summed E-state index contributed by atoms with van der Waals surface area (Å²) in [4.78, 5) is 4.50. The summed E-state index contributed by atoms with van der Waals surface area (Å²) in [5.41, 5.74) is 2.16. The number of fused-ring (bicyclic) bond motifs is 5. The molecule has 0 saturated carbocycles. The van der Waals surface area contributed by atoms with Gasteiger partial charge in [-0.25, -0.2) is 9.37 Å². The Bertz CT molecular complexity index is 1240. The molecule has 3 heterocycles. The molecule has 1 aliphatic rings. The van der Waals surface area contributed by atoms with Gasteiger partial charge in [0, 0.05) is 22.5 Å². The number of hydrogen-bond donors (Lipinski definition) is 2. The van der Waals surface area contributed by atoms with E-state index in [0.29, 0.717) is 29.4 Å². The lowest BCUT2D eigenvalue weighted by atomic mass is 9.85. The van der Waals surface area contributed by atoms with Crippen molar-refractivity contribution in [1.29, 1.82) is 0 Å². The van der Waals surface area contributed by atoms with Crippen LogP contribution in [0.3, 0.4) is 0 Å². The van der Waals surface area contributed by atoms with E-state index in [0.717, 1.165) is 35.6 Å². The van der Waals surface area contributed by atoms with Crippen molar-refractivity contribution < 1.29 is 17.6 Å². The average molecular weight is 389 g/mol. The molecule has 1 aliphatic carbocycles. The maximum Gasteiger partial charge on any atom is 0.433 e. The molecule has 0 fully saturated rings. The average Bonchev–Trinajstić information content (AvgIpc) is 3.28. The molecule has 0 atom stereocenters. The van der Waals surface area contributed by atoms with Crippen molar-refractivity contribution in [3.05, 3.63) is 40.6 Å². The number of benzene rings is 1. The summed E-state index contributed by atoms with van der Waals surface area (Å²) >= 11 is 0. The fourth-order valence-corrected chi connectivity index (χ4v) is 4.23. The lowest BCUT2D eigenvalue weighted by Crippen LogP contribution is -2.11. The van der Waals surface area contributed by atoms with Crippen molar-refractivity contribution in [2.24, 2.45) is 0 Å². The highest BCUT2D eigenvalue weighted by molar-refractivity contribution is 6.09. The van der Waals surface area contributed by atoms with Crippen LogP contribution >= 0.6 is 0 Å². The van der Waals surface area contributed by atoms with Crippen molar-refractivity contribution in [2.75, 3.05) is 0 Å². The van der Waals surface area contributed by atoms with Crippen LogP contribution in [0.1, 0.15) is 35.4 Å². The highest BCUT2D eigenvalue weighted by Crippen LogP contribution is 2.42. The summed E-state index contributed by atoms with van der Waals surface area (Å²) in [6, 6.07) is 1.25. The van der Waals surface area contributed by atoms with E-state index in [4.69, 9.17) is 0 Å². The second-order valence-electron chi connectivity index (χ2n) is 7.11. The largest absolute Gasteiger partial charge is 0.433 e. The molecule has 4 aromatic rings. The molecule has 5 rings (SSSR count). The van der Waals surface area contributed by atoms with E-state index in [-0.39, 0.29) is 16.8 Å². The van der Waals surface area contributed by atoms with Gasteiger partial charge < -0.3 is 0 Å². The lowest BCUT2D eigenvalue weighted by molar-refractivity contribution is -0.140. The molecular weight excluding hydrogens is 374 g/mol. The van der Waals surface area contributed by atoms with E-state index in [9.17, 15) is 17.6 Å². The summed E-state index contributed by atoms with van der Waals surface area (Å²) in [6.45, 7) is 1.80. The molecule has 0 bridgehead atoms. The third-order valence-corrected chi connectivity index (χ3v) is 5.41. The minimum atomic E-state index is -4.58. The standard InChI is InChI=1S/C19H15F4N5/c1-8-14-15-9-4-2-3-5-10(9)16(11-7-24-28-18(11)19(21,22)23)25-13(15)6-12(20)17(14)27-26-8/h6-7H,2-5H2,1H3,(H,24,28)(H,26,27). The molecule has 0 spiro atoms. The van der Waals surface area contributed by atoms with Crippen LogP contribution < -0.4 is 0 Å². The van der Waals surface area contributed by atoms with Gasteiger partial charge in [-0.15, -0.1) is 0 Å². The number of nitrogens with zero attached hydrogens (tertiary/aromatic N) is 3. The topological polar surface area (TPSA) is 70.2 Å². The van der Waals surface area contributed by atoms with E-state index in [1.54, 1.807) is 6.92 Å². The smallest absolute Gasteiger partial charge is 0.282 e. The molecule has 5 nitrogen and oxygen atoms in total. The Morgan fingerprint density at radius 1 is 1.04 bits per heavy atom. The van der Waals surface area contributed by atoms with Gasteiger partial charge in [0.25, 0.3) is 0 Å². The first kappa shape index (κ1) is 17.2. The van der Waals surface area contributed by atoms with Crippen molar-refractivity contribution >= 4 is 21.8 Å². The summed E-state index contributed by atoms with van der Waals surface area (Å²) < 4.78 is 54.9. The third kappa shape index (κ3) is 2.35. The van der Waals surface area contributed by atoms with E-state index >= 15 is 0 Å². The summed E-state index contributed by atoms with van der Waals surface area (Å²) in [5, 5.41) is 13.9. The number of alkyl halides is 3. The van der Waals surface area contributed by atoms with Crippen LogP contribution in [0.15, 0.2) is 12.3 Å². The second kappa shape index (κ2) is 5.76. The van der Waals surface area contributed by atoms with Gasteiger partial charge in [0.15, 0.2) is 5.82 Å². The number of halogens is 4. The van der Waals surface area contributed by atoms with Crippen molar-refractivity contribution in [1.82, 2.24) is 25.4 Å². The van der Waals surface area contributed by atoms with Crippen LogP contribution in [-0.2, 0) is 19.0 Å². The number of rotatable bonds is 1. The monoisotopic (exact) mass is 389 g/mol. The predicted molar refractivity (Wildman–Crippen MR) is 95.3 cm³/mol.